The molecule has 2 saturated heterocycles. The van der Waals surface area contributed by atoms with Gasteiger partial charge < -0.3 is 59.8 Å². The Hall–Kier alpha value is -0.480. The van der Waals surface area contributed by atoms with Gasteiger partial charge in [-0.2, -0.15) is 0 Å². The fourth-order valence-electron chi connectivity index (χ4n) is 2.74. The lowest BCUT2D eigenvalue weighted by Gasteiger charge is -2.40. The summed E-state index contributed by atoms with van der Waals surface area (Å²) in [5, 5.41) is 76.4. The molecule has 2 rings (SSSR count). The van der Waals surface area contributed by atoms with Crippen molar-refractivity contribution in [1.29, 1.82) is 0 Å². The molecule has 0 unspecified atom stereocenters. The van der Waals surface area contributed by atoms with Gasteiger partial charge in [0.1, 0.15) is 48.8 Å². The summed E-state index contributed by atoms with van der Waals surface area (Å²) in [6.07, 6.45) is -14.1. The second kappa shape index (κ2) is 9.64. The third kappa shape index (κ3) is 4.67. The molecule has 154 valence electrons. The zero-order valence-electron chi connectivity index (χ0n) is 13.8. The van der Waals surface area contributed by atoms with Gasteiger partial charge in [0.2, 0.25) is 0 Å². The zero-order valence-corrected chi connectivity index (χ0v) is 13.8. The van der Waals surface area contributed by atoms with Crippen LogP contribution in [0.15, 0.2) is 0 Å². The summed E-state index contributed by atoms with van der Waals surface area (Å²) < 4.78 is 20.7. The molecule has 26 heavy (non-hydrogen) atoms. The molecule has 2 heterocycles. The van der Waals surface area contributed by atoms with E-state index in [0.717, 1.165) is 0 Å². The van der Waals surface area contributed by atoms with E-state index in [0.29, 0.717) is 0 Å². The minimum atomic E-state index is -1.57. The van der Waals surface area contributed by atoms with Crippen LogP contribution in [-0.4, -0.2) is 129 Å². The van der Waals surface area contributed by atoms with E-state index in [1.165, 1.54) is 0 Å². The van der Waals surface area contributed by atoms with Crippen molar-refractivity contribution in [3.8, 4) is 0 Å². The molecule has 2 fully saturated rings. The highest BCUT2D eigenvalue weighted by Crippen LogP contribution is 2.23. The van der Waals surface area contributed by atoms with E-state index in [-0.39, 0.29) is 13.2 Å². The van der Waals surface area contributed by atoms with Crippen LogP contribution in [0.2, 0.25) is 0 Å². The second-order valence-electron chi connectivity index (χ2n) is 6.14. The quantitative estimate of drug-likeness (QED) is 0.194. The summed E-state index contributed by atoms with van der Waals surface area (Å²) in [4.78, 5) is 0. The molecule has 10 atom stereocenters. The molecule has 12 nitrogen and oxygen atoms in total. The fraction of sp³-hybridized carbons (Fsp3) is 1.00. The maximum atomic E-state index is 9.81. The average molecular weight is 386 g/mol. The van der Waals surface area contributed by atoms with Crippen LogP contribution in [0.5, 0.6) is 0 Å². The van der Waals surface area contributed by atoms with E-state index < -0.39 is 74.6 Å². The van der Waals surface area contributed by atoms with Crippen molar-refractivity contribution in [3.05, 3.63) is 0 Å². The second-order valence-corrected chi connectivity index (χ2v) is 6.14. The average Bonchev–Trinajstić information content (AvgIpc) is 2.64. The molecule has 0 spiro atoms. The molecule has 0 aromatic rings. The predicted octanol–water partition coefficient (Wildman–Crippen LogP) is -5.38. The Labute approximate surface area is 148 Å². The highest BCUT2D eigenvalue weighted by atomic mass is 16.7. The van der Waals surface area contributed by atoms with E-state index in [1.54, 1.807) is 0 Å². The third-order valence-electron chi connectivity index (χ3n) is 4.34. The maximum absolute atomic E-state index is 9.81. The van der Waals surface area contributed by atoms with Gasteiger partial charge in [0.05, 0.1) is 26.4 Å². The highest BCUT2D eigenvalue weighted by Gasteiger charge is 2.45. The molecular weight excluding hydrogens is 360 g/mol. The van der Waals surface area contributed by atoms with E-state index in [9.17, 15) is 30.6 Å². The van der Waals surface area contributed by atoms with Gasteiger partial charge in [0, 0.05) is 0 Å². The van der Waals surface area contributed by atoms with Crippen molar-refractivity contribution in [2.45, 2.75) is 61.4 Å². The molecule has 0 aliphatic carbocycles. The van der Waals surface area contributed by atoms with E-state index in [1.807, 2.05) is 0 Å². The van der Waals surface area contributed by atoms with Gasteiger partial charge in [-0.05, 0) is 0 Å². The molecular formula is C14H26O12. The van der Waals surface area contributed by atoms with E-state index in [4.69, 9.17) is 29.2 Å². The Morgan fingerprint density at radius 1 is 0.538 bits per heavy atom. The standard InChI is InChI=1S/C14H26O12/c15-3-5-7(17)9(19)11(21)13(25-5)23-1-2-24-14-12(22)10(20)8(18)6(4-16)26-14/h5-22H,1-4H2/t5-,6-,7-,8-,9+,10+,11-,12-,13-,14+/m1/s1. The maximum Gasteiger partial charge on any atom is 0.186 e. The third-order valence-corrected chi connectivity index (χ3v) is 4.34. The molecule has 0 aromatic carbocycles. The minimum Gasteiger partial charge on any atom is -0.394 e. The van der Waals surface area contributed by atoms with Crippen LogP contribution in [0.1, 0.15) is 0 Å². The Bertz CT molecular complexity index is 383. The largest absolute Gasteiger partial charge is 0.394 e. The zero-order chi connectivity index (χ0) is 19.4. The number of aliphatic hydroxyl groups is 8. The summed E-state index contributed by atoms with van der Waals surface area (Å²) in [5.74, 6) is 0. The van der Waals surface area contributed by atoms with Crippen molar-refractivity contribution < 1.29 is 59.8 Å². The van der Waals surface area contributed by atoms with E-state index >= 15 is 0 Å². The van der Waals surface area contributed by atoms with Gasteiger partial charge in [0.25, 0.3) is 0 Å². The van der Waals surface area contributed by atoms with Gasteiger partial charge >= 0.3 is 0 Å². The number of rotatable bonds is 7. The molecule has 0 radical (unpaired) electrons. The Morgan fingerprint density at radius 3 is 1.19 bits per heavy atom. The van der Waals surface area contributed by atoms with Crippen LogP contribution in [0, 0.1) is 0 Å². The first-order valence-corrected chi connectivity index (χ1v) is 8.16. The number of hydrogen-bond donors (Lipinski definition) is 8. The molecule has 0 amide bonds. The Kier molecular flexibility index (Phi) is 8.08. The summed E-state index contributed by atoms with van der Waals surface area (Å²) in [5.41, 5.74) is 0. The predicted molar refractivity (Wildman–Crippen MR) is 79.4 cm³/mol. The SMILES string of the molecule is OC[C@H]1O[C@@H](OCCO[C@H]2O[C@H](CO)[C@@H](O)[C@H](O)[C@H]2O)[C@H](O)[C@@H](O)[C@@H]1O. The monoisotopic (exact) mass is 386 g/mol. The van der Waals surface area contributed by atoms with Gasteiger partial charge in [-0.15, -0.1) is 0 Å². The first-order chi connectivity index (χ1) is 12.3. The summed E-state index contributed by atoms with van der Waals surface area (Å²) in [6.45, 7) is -1.58. The smallest absolute Gasteiger partial charge is 0.186 e. The molecule has 0 aromatic heterocycles. The molecule has 2 aliphatic heterocycles. The molecule has 0 bridgehead atoms. The van der Waals surface area contributed by atoms with Crippen molar-refractivity contribution in [2.24, 2.45) is 0 Å². The molecule has 2 aliphatic rings. The molecule has 8 N–H and O–H groups in total. The van der Waals surface area contributed by atoms with Crippen LogP contribution in [0.25, 0.3) is 0 Å². The van der Waals surface area contributed by atoms with Gasteiger partial charge in [-0.1, -0.05) is 0 Å². The first-order valence-electron chi connectivity index (χ1n) is 8.16. The van der Waals surface area contributed by atoms with Crippen molar-refractivity contribution >= 4 is 0 Å². The fourth-order valence-corrected chi connectivity index (χ4v) is 2.74. The highest BCUT2D eigenvalue weighted by molar-refractivity contribution is 4.89. The topological polar surface area (TPSA) is 199 Å². The Balaban J connectivity index is 1.79. The summed E-state index contributed by atoms with van der Waals surface area (Å²) in [7, 11) is 0. The van der Waals surface area contributed by atoms with Gasteiger partial charge in [0.15, 0.2) is 12.6 Å². The van der Waals surface area contributed by atoms with Crippen LogP contribution in [0.3, 0.4) is 0 Å². The molecule has 0 saturated carbocycles. The van der Waals surface area contributed by atoms with Crippen LogP contribution >= 0.6 is 0 Å². The normalized spacial score (nSPS) is 47.1. The van der Waals surface area contributed by atoms with E-state index in [2.05, 4.69) is 0 Å². The van der Waals surface area contributed by atoms with Gasteiger partial charge in [-0.3, -0.25) is 0 Å². The lowest BCUT2D eigenvalue weighted by atomic mass is 9.99. The first kappa shape index (κ1) is 21.8. The van der Waals surface area contributed by atoms with Crippen LogP contribution in [-0.2, 0) is 18.9 Å². The van der Waals surface area contributed by atoms with Crippen molar-refractivity contribution in [2.75, 3.05) is 26.4 Å². The van der Waals surface area contributed by atoms with Gasteiger partial charge in [-0.25, -0.2) is 0 Å². The van der Waals surface area contributed by atoms with Crippen LogP contribution in [0.4, 0.5) is 0 Å². The number of ether oxygens (including phenoxy) is 4. The lowest BCUT2D eigenvalue weighted by Crippen LogP contribution is -2.59. The lowest BCUT2D eigenvalue weighted by molar-refractivity contribution is -0.317. The number of hydrogen-bond acceptors (Lipinski definition) is 12. The Morgan fingerprint density at radius 2 is 0.885 bits per heavy atom. The van der Waals surface area contributed by atoms with Crippen molar-refractivity contribution in [1.82, 2.24) is 0 Å². The summed E-state index contributed by atoms with van der Waals surface area (Å²) in [6, 6.07) is 0. The number of aliphatic hydroxyl groups excluding tert-OH is 8. The van der Waals surface area contributed by atoms with Crippen molar-refractivity contribution in [3.63, 3.8) is 0 Å². The van der Waals surface area contributed by atoms with Crippen LogP contribution < -0.4 is 0 Å². The molecule has 12 heteroatoms. The minimum absolute atomic E-state index is 0.197. The summed E-state index contributed by atoms with van der Waals surface area (Å²) >= 11 is 0.